The van der Waals surface area contributed by atoms with Gasteiger partial charge in [0.1, 0.15) is 12.1 Å². The molecule has 4 N–H and O–H groups in total. The minimum absolute atomic E-state index is 0.115. The van der Waals surface area contributed by atoms with Gasteiger partial charge in [-0.05, 0) is 42.2 Å². The molecule has 0 fully saturated rings. The maximum Gasteiger partial charge on any atom is 0.242 e. The lowest BCUT2D eigenvalue weighted by Gasteiger charge is -2.21. The van der Waals surface area contributed by atoms with Crippen LogP contribution in [0, 0.1) is 0 Å². The average Bonchev–Trinajstić information content (AvgIpc) is 3.32. The van der Waals surface area contributed by atoms with E-state index in [1.54, 1.807) is 31.5 Å². The van der Waals surface area contributed by atoms with Crippen molar-refractivity contribution in [3.05, 3.63) is 102 Å². The number of benzene rings is 2. The van der Waals surface area contributed by atoms with Crippen LogP contribution >= 0.6 is 0 Å². The summed E-state index contributed by atoms with van der Waals surface area (Å²) in [5, 5.41) is 9.50. The fraction of sp³-hybridized carbons (Fsp3) is 0.241. The number of rotatable bonds is 11. The maximum atomic E-state index is 13.2. The number of hydrogen-bond acceptors (Lipinski definition) is 4. The quantitative estimate of drug-likeness (QED) is 0.255. The molecule has 2 heterocycles. The van der Waals surface area contributed by atoms with Gasteiger partial charge in [0.15, 0.2) is 0 Å². The van der Waals surface area contributed by atoms with E-state index in [2.05, 4.69) is 25.9 Å². The van der Waals surface area contributed by atoms with Crippen LogP contribution in [0.3, 0.4) is 0 Å². The molecular formula is C29H31N5O3. The van der Waals surface area contributed by atoms with Crippen LogP contribution in [0.15, 0.2) is 85.3 Å². The van der Waals surface area contributed by atoms with Gasteiger partial charge in [0.2, 0.25) is 17.7 Å². The first-order valence-electron chi connectivity index (χ1n) is 12.3. The van der Waals surface area contributed by atoms with Gasteiger partial charge in [0, 0.05) is 42.5 Å². The van der Waals surface area contributed by atoms with Gasteiger partial charge < -0.3 is 20.9 Å². The molecule has 0 bridgehead atoms. The lowest BCUT2D eigenvalue weighted by atomic mass is 10.0. The molecule has 0 unspecified atom stereocenters. The van der Waals surface area contributed by atoms with E-state index in [-0.39, 0.29) is 18.2 Å². The number of nitrogens with one attached hydrogen (secondary N) is 4. The smallest absolute Gasteiger partial charge is 0.242 e. The van der Waals surface area contributed by atoms with Crippen molar-refractivity contribution in [3.8, 4) is 0 Å². The number of fused-ring (bicyclic) bond motifs is 1. The Bertz CT molecular complexity index is 1340. The number of aromatic nitrogens is 2. The van der Waals surface area contributed by atoms with Crippen molar-refractivity contribution in [3.63, 3.8) is 0 Å². The topological polar surface area (TPSA) is 116 Å². The Hall–Kier alpha value is -4.46. The molecule has 4 aromatic rings. The molecule has 0 saturated carbocycles. The molecular weight excluding hydrogens is 466 g/mol. The number of pyridine rings is 1. The molecule has 37 heavy (non-hydrogen) atoms. The largest absolute Gasteiger partial charge is 0.361 e. The van der Waals surface area contributed by atoms with E-state index < -0.39 is 18.0 Å². The molecule has 190 valence electrons. The third kappa shape index (κ3) is 7.27. The van der Waals surface area contributed by atoms with Crippen molar-refractivity contribution in [1.29, 1.82) is 0 Å². The second kappa shape index (κ2) is 12.5. The SMILES string of the molecule is C[C@H](NC(=O)Cc1cccnc1)C(=O)N[C@H](Cc1c[nH]c2ccccc12)C(=O)NCCc1ccccc1. The third-order valence-corrected chi connectivity index (χ3v) is 6.15. The monoisotopic (exact) mass is 497 g/mol. The molecule has 0 aliphatic heterocycles. The van der Waals surface area contributed by atoms with Crippen LogP contribution in [-0.2, 0) is 33.6 Å². The van der Waals surface area contributed by atoms with E-state index in [4.69, 9.17) is 0 Å². The number of amides is 3. The molecule has 0 radical (unpaired) electrons. The Kier molecular flexibility index (Phi) is 8.65. The van der Waals surface area contributed by atoms with E-state index in [0.717, 1.165) is 27.6 Å². The highest BCUT2D eigenvalue weighted by Crippen LogP contribution is 2.19. The summed E-state index contributed by atoms with van der Waals surface area (Å²) in [7, 11) is 0. The van der Waals surface area contributed by atoms with E-state index in [0.29, 0.717) is 19.4 Å². The van der Waals surface area contributed by atoms with Crippen molar-refractivity contribution < 1.29 is 14.4 Å². The number of para-hydroxylation sites is 1. The standard InChI is InChI=1S/C29H31N5O3/c1-20(33-27(35)16-22-10-7-14-30-18-22)28(36)34-26(17-23-19-32-25-12-6-5-11-24(23)25)29(37)31-15-13-21-8-3-2-4-9-21/h2-12,14,18-20,26,32H,13,15-17H2,1H3,(H,31,37)(H,33,35)(H,34,36)/t20-,26+/m0/s1. The lowest BCUT2D eigenvalue weighted by Crippen LogP contribution is -2.54. The molecule has 8 nitrogen and oxygen atoms in total. The number of carbonyl (C=O) groups is 3. The van der Waals surface area contributed by atoms with Crippen LogP contribution in [0.1, 0.15) is 23.6 Å². The average molecular weight is 498 g/mol. The highest BCUT2D eigenvalue weighted by molar-refractivity contribution is 5.93. The van der Waals surface area contributed by atoms with Crippen LogP contribution in [0.4, 0.5) is 0 Å². The molecule has 4 rings (SSSR count). The molecule has 3 amide bonds. The van der Waals surface area contributed by atoms with Gasteiger partial charge >= 0.3 is 0 Å². The van der Waals surface area contributed by atoms with Crippen molar-refractivity contribution in [2.75, 3.05) is 6.54 Å². The van der Waals surface area contributed by atoms with Crippen LogP contribution in [0.25, 0.3) is 10.9 Å². The van der Waals surface area contributed by atoms with Gasteiger partial charge in [-0.3, -0.25) is 19.4 Å². The highest BCUT2D eigenvalue weighted by atomic mass is 16.2. The second-order valence-corrected chi connectivity index (χ2v) is 8.98. The van der Waals surface area contributed by atoms with Gasteiger partial charge in [-0.2, -0.15) is 0 Å². The van der Waals surface area contributed by atoms with Gasteiger partial charge in [-0.1, -0.05) is 54.6 Å². The van der Waals surface area contributed by atoms with Gasteiger partial charge in [-0.15, -0.1) is 0 Å². The summed E-state index contributed by atoms with van der Waals surface area (Å²) in [6.07, 6.45) is 6.21. The summed E-state index contributed by atoms with van der Waals surface area (Å²) < 4.78 is 0. The van der Waals surface area contributed by atoms with E-state index in [1.807, 2.05) is 60.8 Å². The first-order valence-corrected chi connectivity index (χ1v) is 12.3. The maximum absolute atomic E-state index is 13.2. The number of nitrogens with zero attached hydrogens (tertiary/aromatic N) is 1. The van der Waals surface area contributed by atoms with Gasteiger partial charge in [0.25, 0.3) is 0 Å². The van der Waals surface area contributed by atoms with E-state index in [9.17, 15) is 14.4 Å². The molecule has 0 aliphatic carbocycles. The summed E-state index contributed by atoms with van der Waals surface area (Å²) in [5.74, 6) is -0.998. The number of H-pyrrole nitrogens is 1. The Morgan fingerprint density at radius 1 is 0.892 bits per heavy atom. The molecule has 8 heteroatoms. The summed E-state index contributed by atoms with van der Waals surface area (Å²) >= 11 is 0. The summed E-state index contributed by atoms with van der Waals surface area (Å²) in [5.41, 5.74) is 3.75. The first-order chi connectivity index (χ1) is 18.0. The summed E-state index contributed by atoms with van der Waals surface area (Å²) in [6, 6.07) is 19.6. The Morgan fingerprint density at radius 3 is 2.43 bits per heavy atom. The minimum atomic E-state index is -0.813. The summed E-state index contributed by atoms with van der Waals surface area (Å²) in [4.78, 5) is 45.8. The van der Waals surface area contributed by atoms with E-state index in [1.165, 1.54) is 0 Å². The second-order valence-electron chi connectivity index (χ2n) is 8.98. The van der Waals surface area contributed by atoms with Gasteiger partial charge in [0.05, 0.1) is 6.42 Å². The van der Waals surface area contributed by atoms with Crippen molar-refractivity contribution >= 4 is 28.6 Å². The zero-order chi connectivity index (χ0) is 26.0. The molecule has 0 aliphatic rings. The Labute approximate surface area is 215 Å². The molecule has 2 aromatic carbocycles. The zero-order valence-electron chi connectivity index (χ0n) is 20.7. The van der Waals surface area contributed by atoms with E-state index >= 15 is 0 Å². The predicted octanol–water partition coefficient (Wildman–Crippen LogP) is 2.70. The fourth-order valence-corrected chi connectivity index (χ4v) is 4.17. The summed E-state index contributed by atoms with van der Waals surface area (Å²) in [6.45, 7) is 2.05. The first kappa shape index (κ1) is 25.6. The minimum Gasteiger partial charge on any atom is -0.361 e. The van der Waals surface area contributed by atoms with Crippen molar-refractivity contribution in [2.45, 2.75) is 38.3 Å². The van der Waals surface area contributed by atoms with Crippen molar-refractivity contribution in [1.82, 2.24) is 25.9 Å². The fourth-order valence-electron chi connectivity index (χ4n) is 4.17. The van der Waals surface area contributed by atoms with Crippen molar-refractivity contribution in [2.24, 2.45) is 0 Å². The normalized spacial score (nSPS) is 12.5. The number of aromatic amines is 1. The molecule has 2 aromatic heterocycles. The predicted molar refractivity (Wildman–Crippen MR) is 143 cm³/mol. The molecule has 0 spiro atoms. The Morgan fingerprint density at radius 2 is 1.65 bits per heavy atom. The van der Waals surface area contributed by atoms with Gasteiger partial charge in [-0.25, -0.2) is 0 Å². The third-order valence-electron chi connectivity index (χ3n) is 6.15. The molecule has 0 saturated heterocycles. The van der Waals surface area contributed by atoms with Crippen LogP contribution < -0.4 is 16.0 Å². The van der Waals surface area contributed by atoms with Crippen LogP contribution in [0.2, 0.25) is 0 Å². The zero-order valence-corrected chi connectivity index (χ0v) is 20.7. The lowest BCUT2D eigenvalue weighted by molar-refractivity contribution is -0.131. The molecule has 2 atom stereocenters. The highest BCUT2D eigenvalue weighted by Gasteiger charge is 2.25. The Balaban J connectivity index is 1.40. The van der Waals surface area contributed by atoms with Crippen LogP contribution in [-0.4, -0.2) is 46.3 Å². The van der Waals surface area contributed by atoms with Crippen LogP contribution in [0.5, 0.6) is 0 Å². The number of carbonyl (C=O) groups excluding carboxylic acids is 3. The number of hydrogen-bond donors (Lipinski definition) is 4.